The number of carbonyl (C=O) groups is 1. The summed E-state index contributed by atoms with van der Waals surface area (Å²) in [6.07, 6.45) is 2.21. The molecule has 0 spiro atoms. The molecule has 0 radical (unpaired) electrons. The van der Waals surface area contributed by atoms with Gasteiger partial charge in [0.05, 0.1) is 5.69 Å². The molecule has 6 nitrogen and oxygen atoms in total. The molecule has 3 aromatic rings. The van der Waals surface area contributed by atoms with Gasteiger partial charge in [-0.3, -0.25) is 4.79 Å². The first-order chi connectivity index (χ1) is 13.2. The molecule has 2 heterocycles. The lowest BCUT2D eigenvalue weighted by atomic mass is 10.1. The number of tetrazole rings is 1. The van der Waals surface area contributed by atoms with Gasteiger partial charge in [-0.15, -0.1) is 5.10 Å². The van der Waals surface area contributed by atoms with Crippen molar-refractivity contribution in [2.24, 2.45) is 0 Å². The minimum atomic E-state index is 0.134. The molecule has 1 aliphatic heterocycles. The minimum absolute atomic E-state index is 0.134. The van der Waals surface area contributed by atoms with Gasteiger partial charge in [-0.2, -0.15) is 4.68 Å². The molecule has 0 atom stereocenters. The van der Waals surface area contributed by atoms with Crippen LogP contribution in [0.4, 0.5) is 0 Å². The van der Waals surface area contributed by atoms with Crippen molar-refractivity contribution in [3.63, 3.8) is 0 Å². The molecule has 2 aromatic carbocycles. The highest BCUT2D eigenvalue weighted by atomic mass is 32.2. The van der Waals surface area contributed by atoms with E-state index in [2.05, 4.69) is 22.4 Å². The van der Waals surface area contributed by atoms with Gasteiger partial charge in [-0.25, -0.2) is 0 Å². The van der Waals surface area contributed by atoms with E-state index in [4.69, 9.17) is 0 Å². The van der Waals surface area contributed by atoms with E-state index in [1.807, 2.05) is 53.4 Å². The third-order valence-electron chi connectivity index (χ3n) is 4.68. The third kappa shape index (κ3) is 4.03. The third-order valence-corrected chi connectivity index (χ3v) is 5.67. The molecule has 1 aromatic heterocycles. The van der Waals surface area contributed by atoms with Crippen LogP contribution in [0.3, 0.4) is 0 Å². The second-order valence-corrected chi connectivity index (χ2v) is 7.64. The van der Waals surface area contributed by atoms with E-state index < -0.39 is 0 Å². The summed E-state index contributed by atoms with van der Waals surface area (Å²) < 4.78 is 1.75. The van der Waals surface area contributed by atoms with E-state index >= 15 is 0 Å². The summed E-state index contributed by atoms with van der Waals surface area (Å²) in [6.45, 7) is 3.80. The normalized spacial score (nSPS) is 13.9. The average Bonchev–Trinajstić information content (AvgIpc) is 3.39. The Hall–Kier alpha value is -2.67. The molecule has 1 amide bonds. The van der Waals surface area contributed by atoms with Crippen LogP contribution in [-0.4, -0.2) is 44.1 Å². The second kappa shape index (κ2) is 7.92. The Morgan fingerprint density at radius 2 is 1.74 bits per heavy atom. The van der Waals surface area contributed by atoms with Crippen LogP contribution in [-0.2, 0) is 5.75 Å². The van der Waals surface area contributed by atoms with E-state index in [1.165, 1.54) is 5.56 Å². The van der Waals surface area contributed by atoms with Crippen LogP contribution in [0.5, 0.6) is 0 Å². The topological polar surface area (TPSA) is 63.9 Å². The number of nitrogens with zero attached hydrogens (tertiary/aromatic N) is 5. The fourth-order valence-corrected chi connectivity index (χ4v) is 3.96. The summed E-state index contributed by atoms with van der Waals surface area (Å²) in [6, 6.07) is 16.0. The summed E-state index contributed by atoms with van der Waals surface area (Å²) in [7, 11) is 0. The van der Waals surface area contributed by atoms with Crippen molar-refractivity contribution in [1.29, 1.82) is 0 Å². The number of carbonyl (C=O) groups excluding carboxylic acids is 1. The minimum Gasteiger partial charge on any atom is -0.339 e. The summed E-state index contributed by atoms with van der Waals surface area (Å²) in [5.41, 5.74) is 4.04. The molecule has 1 aliphatic rings. The SMILES string of the molecule is Cc1ccc(-n2nnnc2SCc2ccc(C(=O)N3CCCC3)cc2)cc1. The Morgan fingerprint density at radius 3 is 2.44 bits per heavy atom. The molecule has 0 aliphatic carbocycles. The van der Waals surface area contributed by atoms with Crippen molar-refractivity contribution in [1.82, 2.24) is 25.1 Å². The standard InChI is InChI=1S/C20H21N5OS/c1-15-4-10-18(11-5-15)25-20(21-22-23-25)27-14-16-6-8-17(9-7-16)19(26)24-12-2-3-13-24/h4-11H,2-3,12-14H2,1H3. The number of hydrogen-bond donors (Lipinski definition) is 0. The summed E-state index contributed by atoms with van der Waals surface area (Å²) in [5.74, 6) is 0.875. The molecule has 0 bridgehead atoms. The van der Waals surface area contributed by atoms with Crippen molar-refractivity contribution in [2.45, 2.75) is 30.7 Å². The fraction of sp³-hybridized carbons (Fsp3) is 0.300. The first-order valence-electron chi connectivity index (χ1n) is 9.07. The molecule has 1 saturated heterocycles. The summed E-state index contributed by atoms with van der Waals surface area (Å²) in [5, 5.41) is 12.8. The molecule has 0 unspecified atom stereocenters. The lowest BCUT2D eigenvalue weighted by Gasteiger charge is -2.15. The number of aryl methyl sites for hydroxylation is 1. The van der Waals surface area contributed by atoms with Crippen molar-refractivity contribution in [2.75, 3.05) is 13.1 Å². The zero-order valence-corrected chi connectivity index (χ0v) is 16.0. The lowest BCUT2D eigenvalue weighted by molar-refractivity contribution is 0.0793. The van der Waals surface area contributed by atoms with Crippen molar-refractivity contribution < 1.29 is 4.79 Å². The molecule has 0 N–H and O–H groups in total. The number of likely N-dealkylation sites (tertiary alicyclic amines) is 1. The van der Waals surface area contributed by atoms with Crippen LogP contribution in [0, 0.1) is 6.92 Å². The Bertz CT molecular complexity index is 914. The van der Waals surface area contributed by atoms with E-state index in [0.29, 0.717) is 0 Å². The van der Waals surface area contributed by atoms with Crippen LogP contribution >= 0.6 is 11.8 Å². The molecule has 4 rings (SSSR count). The lowest BCUT2D eigenvalue weighted by Crippen LogP contribution is -2.27. The number of rotatable bonds is 5. The molecule has 7 heteroatoms. The summed E-state index contributed by atoms with van der Waals surface area (Å²) >= 11 is 1.58. The van der Waals surface area contributed by atoms with Gasteiger partial charge in [-0.1, -0.05) is 41.6 Å². The molecular weight excluding hydrogens is 358 g/mol. The van der Waals surface area contributed by atoms with Gasteiger partial charge >= 0.3 is 0 Å². The molecule has 27 heavy (non-hydrogen) atoms. The smallest absolute Gasteiger partial charge is 0.253 e. The summed E-state index contributed by atoms with van der Waals surface area (Å²) in [4.78, 5) is 14.3. The predicted octanol–water partition coefficient (Wildman–Crippen LogP) is 3.50. The van der Waals surface area contributed by atoms with Crippen molar-refractivity contribution in [3.8, 4) is 5.69 Å². The quantitative estimate of drug-likeness (QED) is 0.635. The van der Waals surface area contributed by atoms with Crippen molar-refractivity contribution in [3.05, 3.63) is 65.2 Å². The van der Waals surface area contributed by atoms with Crippen LogP contribution in [0.15, 0.2) is 53.7 Å². The van der Waals surface area contributed by atoms with Crippen LogP contribution in [0.2, 0.25) is 0 Å². The van der Waals surface area contributed by atoms with Gasteiger partial charge < -0.3 is 4.90 Å². The van der Waals surface area contributed by atoms with Crippen LogP contribution in [0.1, 0.15) is 34.3 Å². The first-order valence-corrected chi connectivity index (χ1v) is 10.1. The molecule has 0 saturated carbocycles. The van der Waals surface area contributed by atoms with Gasteiger partial charge in [0.1, 0.15) is 0 Å². The maximum Gasteiger partial charge on any atom is 0.253 e. The van der Waals surface area contributed by atoms with Gasteiger partial charge in [0, 0.05) is 24.4 Å². The van der Waals surface area contributed by atoms with Gasteiger partial charge in [0.25, 0.3) is 5.91 Å². The number of benzene rings is 2. The number of amides is 1. The highest BCUT2D eigenvalue weighted by molar-refractivity contribution is 7.98. The van der Waals surface area contributed by atoms with Crippen molar-refractivity contribution >= 4 is 17.7 Å². The van der Waals surface area contributed by atoms with Gasteiger partial charge in [0.15, 0.2) is 0 Å². The predicted molar refractivity (Wildman–Crippen MR) is 105 cm³/mol. The Balaban J connectivity index is 1.41. The van der Waals surface area contributed by atoms with Crippen LogP contribution in [0.25, 0.3) is 5.69 Å². The van der Waals surface area contributed by atoms with E-state index in [1.54, 1.807) is 16.4 Å². The van der Waals surface area contributed by atoms with E-state index in [0.717, 1.165) is 53.7 Å². The number of hydrogen-bond acceptors (Lipinski definition) is 5. The fourth-order valence-electron chi connectivity index (χ4n) is 3.11. The molecular formula is C20H21N5OS. The maximum atomic E-state index is 12.4. The Morgan fingerprint density at radius 1 is 1.04 bits per heavy atom. The maximum absolute atomic E-state index is 12.4. The zero-order valence-electron chi connectivity index (χ0n) is 15.2. The zero-order chi connectivity index (χ0) is 18.6. The largest absolute Gasteiger partial charge is 0.339 e. The Labute approximate surface area is 162 Å². The number of thioether (sulfide) groups is 1. The molecule has 138 valence electrons. The van der Waals surface area contributed by atoms with Crippen LogP contribution < -0.4 is 0 Å². The van der Waals surface area contributed by atoms with E-state index in [9.17, 15) is 4.79 Å². The van der Waals surface area contributed by atoms with Gasteiger partial charge in [-0.05, 0) is 60.0 Å². The monoisotopic (exact) mass is 379 g/mol. The molecule has 1 fully saturated rings. The second-order valence-electron chi connectivity index (χ2n) is 6.69. The highest BCUT2D eigenvalue weighted by Crippen LogP contribution is 2.23. The van der Waals surface area contributed by atoms with Gasteiger partial charge in [0.2, 0.25) is 5.16 Å². The van der Waals surface area contributed by atoms with E-state index in [-0.39, 0.29) is 5.91 Å². The first kappa shape index (κ1) is 17.7. The Kier molecular flexibility index (Phi) is 5.20. The highest BCUT2D eigenvalue weighted by Gasteiger charge is 2.19. The number of aromatic nitrogens is 4. The average molecular weight is 379 g/mol.